The second-order valence-corrected chi connectivity index (χ2v) is 5.94. The third-order valence-corrected chi connectivity index (χ3v) is 4.71. The van der Waals surface area contributed by atoms with Crippen LogP contribution in [0.15, 0.2) is 22.7 Å². The van der Waals surface area contributed by atoms with E-state index in [1.807, 2.05) is 29.8 Å². The molecule has 20 heavy (non-hydrogen) atoms. The zero-order valence-electron chi connectivity index (χ0n) is 11.2. The first-order chi connectivity index (χ1) is 9.59. The molecule has 4 nitrogen and oxygen atoms in total. The van der Waals surface area contributed by atoms with E-state index in [0.29, 0.717) is 0 Å². The van der Waals surface area contributed by atoms with E-state index in [1.165, 1.54) is 0 Å². The highest BCUT2D eigenvalue weighted by molar-refractivity contribution is 9.10. The lowest BCUT2D eigenvalue weighted by molar-refractivity contribution is 0.0688. The van der Waals surface area contributed by atoms with Crippen LogP contribution in [0.5, 0.6) is 0 Å². The van der Waals surface area contributed by atoms with E-state index < -0.39 is 5.97 Å². The molecule has 0 atom stereocenters. The fourth-order valence-corrected chi connectivity index (χ4v) is 3.15. The minimum atomic E-state index is -0.936. The van der Waals surface area contributed by atoms with Crippen molar-refractivity contribution < 1.29 is 9.90 Å². The number of halogens is 1. The van der Waals surface area contributed by atoms with Crippen molar-refractivity contribution in [3.8, 4) is 5.69 Å². The zero-order valence-corrected chi connectivity index (χ0v) is 12.8. The summed E-state index contributed by atoms with van der Waals surface area (Å²) in [7, 11) is 0. The molecule has 0 amide bonds. The number of hydrogen-bond donors (Lipinski definition) is 1. The molecule has 0 fully saturated rings. The van der Waals surface area contributed by atoms with E-state index in [0.717, 1.165) is 52.7 Å². The van der Waals surface area contributed by atoms with Gasteiger partial charge in [-0.15, -0.1) is 0 Å². The Bertz CT molecular complexity index is 691. The van der Waals surface area contributed by atoms with Crippen molar-refractivity contribution >= 4 is 21.9 Å². The molecule has 3 rings (SSSR count). The number of benzene rings is 1. The molecule has 1 aromatic carbocycles. The molecule has 0 unspecified atom stereocenters. The fraction of sp³-hybridized carbons (Fsp3) is 0.333. The van der Waals surface area contributed by atoms with Gasteiger partial charge >= 0.3 is 5.97 Å². The molecule has 1 aromatic heterocycles. The highest BCUT2D eigenvalue weighted by Gasteiger charge is 2.25. The van der Waals surface area contributed by atoms with Gasteiger partial charge in [-0.3, -0.25) is 0 Å². The molecule has 1 N–H and O–H groups in total. The number of carbonyl (C=O) groups is 1. The van der Waals surface area contributed by atoms with Gasteiger partial charge in [-0.2, -0.15) is 5.10 Å². The summed E-state index contributed by atoms with van der Waals surface area (Å²) in [6, 6.07) is 5.91. The smallest absolute Gasteiger partial charge is 0.356 e. The molecule has 0 saturated carbocycles. The number of carboxylic acid groups (broad SMARTS) is 1. The molecule has 0 spiro atoms. The average molecular weight is 335 g/mol. The van der Waals surface area contributed by atoms with Crippen LogP contribution in [0.1, 0.15) is 40.2 Å². The van der Waals surface area contributed by atoms with Crippen molar-refractivity contribution in [2.24, 2.45) is 0 Å². The highest BCUT2D eigenvalue weighted by atomic mass is 79.9. The monoisotopic (exact) mass is 334 g/mol. The van der Waals surface area contributed by atoms with Gasteiger partial charge < -0.3 is 5.11 Å². The maximum Gasteiger partial charge on any atom is 0.356 e. The van der Waals surface area contributed by atoms with Crippen molar-refractivity contribution in [3.05, 3.63) is 45.2 Å². The van der Waals surface area contributed by atoms with Gasteiger partial charge in [0.2, 0.25) is 0 Å². The van der Waals surface area contributed by atoms with Gasteiger partial charge in [-0.25, -0.2) is 9.48 Å². The molecule has 0 bridgehead atoms. The van der Waals surface area contributed by atoms with Crippen LogP contribution in [0.3, 0.4) is 0 Å². The number of fused-ring (bicyclic) bond motifs is 1. The number of aromatic carboxylic acids is 1. The molecular formula is C15H15BrN2O2. The van der Waals surface area contributed by atoms with E-state index in [1.54, 1.807) is 0 Å². The van der Waals surface area contributed by atoms with Gasteiger partial charge in [-0.05, 0) is 50.3 Å². The molecule has 1 aliphatic rings. The SMILES string of the molecule is Cc1c(Br)cccc1-n1nc(C(=O)O)c2c1CCCC2. The van der Waals surface area contributed by atoms with Crippen LogP contribution in [0.25, 0.3) is 5.69 Å². The summed E-state index contributed by atoms with van der Waals surface area (Å²) in [6.07, 6.45) is 3.83. The van der Waals surface area contributed by atoms with Crippen LogP contribution in [0.2, 0.25) is 0 Å². The van der Waals surface area contributed by atoms with Crippen molar-refractivity contribution in [2.75, 3.05) is 0 Å². The fourth-order valence-electron chi connectivity index (χ4n) is 2.80. The summed E-state index contributed by atoms with van der Waals surface area (Å²) in [4.78, 5) is 11.4. The second kappa shape index (κ2) is 5.05. The Kier molecular flexibility index (Phi) is 3.38. The molecule has 1 heterocycles. The number of aromatic nitrogens is 2. The summed E-state index contributed by atoms with van der Waals surface area (Å²) in [5.74, 6) is -0.936. The average Bonchev–Trinajstić information content (AvgIpc) is 2.82. The summed E-state index contributed by atoms with van der Waals surface area (Å²) < 4.78 is 2.82. The van der Waals surface area contributed by atoms with Gasteiger partial charge in [0.1, 0.15) is 0 Å². The minimum Gasteiger partial charge on any atom is -0.476 e. The van der Waals surface area contributed by atoms with Gasteiger partial charge in [0.15, 0.2) is 5.69 Å². The third kappa shape index (κ3) is 2.06. The molecule has 2 aromatic rings. The second-order valence-electron chi connectivity index (χ2n) is 5.08. The molecule has 0 saturated heterocycles. The summed E-state index contributed by atoms with van der Waals surface area (Å²) >= 11 is 3.52. The number of rotatable bonds is 2. The molecular weight excluding hydrogens is 320 g/mol. The number of hydrogen-bond acceptors (Lipinski definition) is 2. The summed E-state index contributed by atoms with van der Waals surface area (Å²) in [6.45, 7) is 2.01. The maximum absolute atomic E-state index is 11.4. The van der Waals surface area contributed by atoms with E-state index in [9.17, 15) is 9.90 Å². The zero-order chi connectivity index (χ0) is 14.3. The van der Waals surface area contributed by atoms with Crippen LogP contribution in [0, 0.1) is 6.92 Å². The predicted octanol–water partition coefficient (Wildman–Crippen LogP) is 3.52. The first-order valence-electron chi connectivity index (χ1n) is 6.69. The van der Waals surface area contributed by atoms with E-state index in [4.69, 9.17) is 0 Å². The van der Waals surface area contributed by atoms with Crippen molar-refractivity contribution in [1.82, 2.24) is 9.78 Å². The van der Waals surface area contributed by atoms with Crippen LogP contribution >= 0.6 is 15.9 Å². The van der Waals surface area contributed by atoms with E-state index in [-0.39, 0.29) is 5.69 Å². The molecule has 5 heteroatoms. The Morgan fingerprint density at radius 1 is 1.35 bits per heavy atom. The maximum atomic E-state index is 11.4. The predicted molar refractivity (Wildman–Crippen MR) is 79.6 cm³/mol. The Balaban J connectivity index is 2.24. The van der Waals surface area contributed by atoms with Crippen molar-refractivity contribution in [3.63, 3.8) is 0 Å². The summed E-state index contributed by atoms with van der Waals surface area (Å²) in [5, 5.41) is 13.7. The Labute approximate surface area is 125 Å². The topological polar surface area (TPSA) is 55.1 Å². The van der Waals surface area contributed by atoms with Crippen LogP contribution in [0.4, 0.5) is 0 Å². The van der Waals surface area contributed by atoms with Gasteiger partial charge in [0, 0.05) is 15.7 Å². The molecule has 0 radical (unpaired) electrons. The Hall–Kier alpha value is -1.62. The largest absolute Gasteiger partial charge is 0.476 e. The van der Waals surface area contributed by atoms with E-state index in [2.05, 4.69) is 21.0 Å². The van der Waals surface area contributed by atoms with Crippen LogP contribution < -0.4 is 0 Å². The van der Waals surface area contributed by atoms with Crippen molar-refractivity contribution in [2.45, 2.75) is 32.6 Å². The van der Waals surface area contributed by atoms with Gasteiger partial charge in [-0.1, -0.05) is 22.0 Å². The van der Waals surface area contributed by atoms with Gasteiger partial charge in [0.05, 0.1) is 5.69 Å². The highest BCUT2D eigenvalue weighted by Crippen LogP contribution is 2.30. The lowest BCUT2D eigenvalue weighted by Crippen LogP contribution is -2.09. The van der Waals surface area contributed by atoms with E-state index >= 15 is 0 Å². The Morgan fingerprint density at radius 2 is 2.10 bits per heavy atom. The quantitative estimate of drug-likeness (QED) is 0.914. The van der Waals surface area contributed by atoms with Crippen LogP contribution in [-0.4, -0.2) is 20.9 Å². The first kappa shape index (κ1) is 13.4. The lowest BCUT2D eigenvalue weighted by atomic mass is 9.95. The third-order valence-electron chi connectivity index (χ3n) is 3.85. The number of nitrogens with zero attached hydrogens (tertiary/aromatic N) is 2. The normalized spacial score (nSPS) is 14.1. The standard InChI is InChI=1S/C15H15BrN2O2/c1-9-11(16)6-4-8-12(9)18-13-7-3-2-5-10(13)14(17-18)15(19)20/h4,6,8H,2-3,5,7H2,1H3,(H,19,20). The lowest BCUT2D eigenvalue weighted by Gasteiger charge is -2.15. The molecule has 104 valence electrons. The summed E-state index contributed by atoms with van der Waals surface area (Å²) in [5.41, 5.74) is 4.18. The van der Waals surface area contributed by atoms with Crippen molar-refractivity contribution in [1.29, 1.82) is 0 Å². The number of carboxylic acids is 1. The Morgan fingerprint density at radius 3 is 2.85 bits per heavy atom. The molecule has 1 aliphatic carbocycles. The first-order valence-corrected chi connectivity index (χ1v) is 7.48. The molecule has 0 aliphatic heterocycles. The van der Waals surface area contributed by atoms with Gasteiger partial charge in [0.25, 0.3) is 0 Å². The van der Waals surface area contributed by atoms with Crippen LogP contribution in [-0.2, 0) is 12.8 Å². The minimum absolute atomic E-state index is 0.207.